The molecule has 1 atom stereocenters. The van der Waals surface area contributed by atoms with Crippen LogP contribution in [0.25, 0.3) is 0 Å². The van der Waals surface area contributed by atoms with Gasteiger partial charge in [0, 0.05) is 19.6 Å². The zero-order chi connectivity index (χ0) is 13.8. The highest BCUT2D eigenvalue weighted by Crippen LogP contribution is 2.28. The summed E-state index contributed by atoms with van der Waals surface area (Å²) in [6.45, 7) is 4.55. The minimum Gasteiger partial charge on any atom is -0.464 e. The van der Waals surface area contributed by atoms with Crippen LogP contribution < -0.4 is 4.90 Å². The number of piperazine rings is 1. The largest absolute Gasteiger partial charge is 0.464 e. The molecule has 0 aliphatic carbocycles. The maximum Gasteiger partial charge on any atom is 0.330 e. The van der Waals surface area contributed by atoms with Crippen molar-refractivity contribution in [3.63, 3.8) is 0 Å². The van der Waals surface area contributed by atoms with Crippen molar-refractivity contribution < 1.29 is 9.53 Å². The third kappa shape index (κ3) is 3.19. The van der Waals surface area contributed by atoms with Crippen LogP contribution in [0.4, 0.5) is 5.69 Å². The summed E-state index contributed by atoms with van der Waals surface area (Å²) in [5, 5.41) is 0.668. The average molecular weight is 283 g/mol. The normalized spacial score (nSPS) is 20.4. The molecule has 1 saturated heterocycles. The molecule has 19 heavy (non-hydrogen) atoms. The molecule has 1 aromatic carbocycles. The Morgan fingerprint density at radius 2 is 2.16 bits per heavy atom. The quantitative estimate of drug-likeness (QED) is 0.794. The lowest BCUT2D eigenvalue weighted by Gasteiger charge is -2.40. The van der Waals surface area contributed by atoms with E-state index in [1.54, 1.807) is 0 Å². The fraction of sp³-hybridized carbons (Fsp3) is 0.500. The van der Waals surface area contributed by atoms with Gasteiger partial charge in [-0.3, -0.25) is 0 Å². The number of hydrogen-bond acceptors (Lipinski definition) is 4. The molecule has 1 heterocycles. The molecule has 0 aromatic heterocycles. The Labute approximate surface area is 118 Å². The van der Waals surface area contributed by atoms with Crippen molar-refractivity contribution in [2.24, 2.45) is 0 Å². The summed E-state index contributed by atoms with van der Waals surface area (Å²) in [6, 6.07) is 7.32. The molecule has 0 bridgehead atoms. The molecule has 2 rings (SSSR count). The SMILES string of the molecule is CCOC(=O)C1CN(C)CCN1c1ccccc1Cl. The number of likely N-dealkylation sites (N-methyl/N-ethyl adjacent to an activating group) is 1. The minimum absolute atomic E-state index is 0.186. The van der Waals surface area contributed by atoms with E-state index in [1.165, 1.54) is 0 Å². The number of carbonyl (C=O) groups is 1. The number of ether oxygens (including phenoxy) is 1. The maximum atomic E-state index is 12.1. The van der Waals surface area contributed by atoms with E-state index in [0.29, 0.717) is 18.2 Å². The molecule has 4 nitrogen and oxygen atoms in total. The lowest BCUT2D eigenvalue weighted by Crippen LogP contribution is -2.56. The van der Waals surface area contributed by atoms with Gasteiger partial charge in [-0.1, -0.05) is 23.7 Å². The lowest BCUT2D eigenvalue weighted by atomic mass is 10.1. The van der Waals surface area contributed by atoms with Gasteiger partial charge >= 0.3 is 5.97 Å². The molecule has 1 unspecified atom stereocenters. The van der Waals surface area contributed by atoms with Crippen LogP contribution in [-0.4, -0.2) is 50.2 Å². The molecule has 0 saturated carbocycles. The number of benzene rings is 1. The first-order valence-corrected chi connectivity index (χ1v) is 6.87. The van der Waals surface area contributed by atoms with E-state index >= 15 is 0 Å². The number of para-hydroxylation sites is 1. The summed E-state index contributed by atoms with van der Waals surface area (Å²) >= 11 is 6.23. The van der Waals surface area contributed by atoms with E-state index in [9.17, 15) is 4.79 Å². The summed E-state index contributed by atoms with van der Waals surface area (Å²) in [7, 11) is 2.01. The fourth-order valence-corrected chi connectivity index (χ4v) is 2.58. The van der Waals surface area contributed by atoms with E-state index in [1.807, 2.05) is 43.1 Å². The molecule has 0 N–H and O–H groups in total. The van der Waals surface area contributed by atoms with E-state index in [-0.39, 0.29) is 12.0 Å². The second kappa shape index (κ2) is 6.26. The molecular weight excluding hydrogens is 264 g/mol. The van der Waals surface area contributed by atoms with Crippen LogP contribution in [0.1, 0.15) is 6.92 Å². The molecule has 104 valence electrons. The van der Waals surface area contributed by atoms with Crippen LogP contribution >= 0.6 is 11.6 Å². The van der Waals surface area contributed by atoms with Crippen LogP contribution in [0.15, 0.2) is 24.3 Å². The minimum atomic E-state index is -0.293. The Kier molecular flexibility index (Phi) is 4.66. The smallest absolute Gasteiger partial charge is 0.330 e. The van der Waals surface area contributed by atoms with Gasteiger partial charge in [-0.15, -0.1) is 0 Å². The third-order valence-corrected chi connectivity index (χ3v) is 3.62. The topological polar surface area (TPSA) is 32.8 Å². The fourth-order valence-electron chi connectivity index (χ4n) is 2.33. The van der Waals surface area contributed by atoms with Crippen molar-refractivity contribution in [3.8, 4) is 0 Å². The Morgan fingerprint density at radius 3 is 2.84 bits per heavy atom. The van der Waals surface area contributed by atoms with Crippen LogP contribution in [0, 0.1) is 0 Å². The van der Waals surface area contributed by atoms with Gasteiger partial charge in [0.15, 0.2) is 0 Å². The first-order chi connectivity index (χ1) is 9.13. The monoisotopic (exact) mass is 282 g/mol. The van der Waals surface area contributed by atoms with Gasteiger partial charge in [-0.25, -0.2) is 4.79 Å². The standard InChI is InChI=1S/C14H19ClN2O2/c1-3-19-14(18)13-10-16(2)8-9-17(13)12-7-5-4-6-11(12)15/h4-7,13H,3,8-10H2,1-2H3. The van der Waals surface area contributed by atoms with Crippen molar-refractivity contribution in [1.82, 2.24) is 4.90 Å². The van der Waals surface area contributed by atoms with E-state index < -0.39 is 0 Å². The number of rotatable bonds is 3. The second-order valence-electron chi connectivity index (χ2n) is 4.67. The van der Waals surface area contributed by atoms with Gasteiger partial charge in [-0.2, -0.15) is 0 Å². The van der Waals surface area contributed by atoms with Crippen molar-refractivity contribution in [1.29, 1.82) is 0 Å². The first-order valence-electron chi connectivity index (χ1n) is 6.49. The summed E-state index contributed by atoms with van der Waals surface area (Å²) < 4.78 is 5.17. The van der Waals surface area contributed by atoms with Crippen molar-refractivity contribution in [3.05, 3.63) is 29.3 Å². The van der Waals surface area contributed by atoms with E-state index in [2.05, 4.69) is 4.90 Å². The zero-order valence-corrected chi connectivity index (χ0v) is 12.1. The first kappa shape index (κ1) is 14.2. The molecule has 1 aliphatic rings. The predicted molar refractivity (Wildman–Crippen MR) is 76.7 cm³/mol. The van der Waals surface area contributed by atoms with Gasteiger partial charge in [0.2, 0.25) is 0 Å². The zero-order valence-electron chi connectivity index (χ0n) is 11.3. The Hall–Kier alpha value is -1.26. The van der Waals surface area contributed by atoms with Crippen LogP contribution in [0.3, 0.4) is 0 Å². The number of halogens is 1. The molecular formula is C14H19ClN2O2. The number of anilines is 1. The molecule has 0 spiro atoms. The highest BCUT2D eigenvalue weighted by atomic mass is 35.5. The van der Waals surface area contributed by atoms with Gasteiger partial charge in [-0.05, 0) is 26.1 Å². The Morgan fingerprint density at radius 1 is 1.42 bits per heavy atom. The van der Waals surface area contributed by atoms with Gasteiger partial charge < -0.3 is 14.5 Å². The van der Waals surface area contributed by atoms with Crippen LogP contribution in [0.5, 0.6) is 0 Å². The number of carbonyl (C=O) groups excluding carboxylic acids is 1. The summed E-state index contributed by atoms with van der Waals surface area (Å²) in [4.78, 5) is 16.3. The highest BCUT2D eigenvalue weighted by Gasteiger charge is 2.33. The summed E-state index contributed by atoms with van der Waals surface area (Å²) in [5.74, 6) is -0.186. The lowest BCUT2D eigenvalue weighted by molar-refractivity contribution is -0.145. The highest BCUT2D eigenvalue weighted by molar-refractivity contribution is 6.33. The van der Waals surface area contributed by atoms with Crippen molar-refractivity contribution in [2.45, 2.75) is 13.0 Å². The molecule has 1 aromatic rings. The second-order valence-corrected chi connectivity index (χ2v) is 5.08. The van der Waals surface area contributed by atoms with E-state index in [0.717, 1.165) is 18.8 Å². The summed E-state index contributed by atoms with van der Waals surface area (Å²) in [5.41, 5.74) is 0.898. The Balaban J connectivity index is 2.25. The predicted octanol–water partition coefficient (Wildman–Crippen LogP) is 2.02. The van der Waals surface area contributed by atoms with Crippen molar-refractivity contribution in [2.75, 3.05) is 38.2 Å². The maximum absolute atomic E-state index is 12.1. The molecule has 1 aliphatic heterocycles. The van der Waals surface area contributed by atoms with E-state index in [4.69, 9.17) is 16.3 Å². The number of nitrogens with zero attached hydrogens (tertiary/aromatic N) is 2. The number of esters is 1. The van der Waals surface area contributed by atoms with Gasteiger partial charge in [0.1, 0.15) is 6.04 Å². The third-order valence-electron chi connectivity index (χ3n) is 3.30. The van der Waals surface area contributed by atoms with Gasteiger partial charge in [0.25, 0.3) is 0 Å². The molecule has 5 heteroatoms. The van der Waals surface area contributed by atoms with Crippen LogP contribution in [0.2, 0.25) is 5.02 Å². The molecule has 0 amide bonds. The van der Waals surface area contributed by atoms with Crippen LogP contribution in [-0.2, 0) is 9.53 Å². The van der Waals surface area contributed by atoms with Gasteiger partial charge in [0.05, 0.1) is 17.3 Å². The average Bonchev–Trinajstić information content (AvgIpc) is 2.40. The van der Waals surface area contributed by atoms with Crippen molar-refractivity contribution >= 4 is 23.3 Å². The summed E-state index contributed by atoms with van der Waals surface area (Å²) in [6.07, 6.45) is 0. The number of hydrogen-bond donors (Lipinski definition) is 0. The molecule has 0 radical (unpaired) electrons. The Bertz CT molecular complexity index is 453. The molecule has 1 fully saturated rings.